The average molecular weight is 484 g/mol. The highest BCUT2D eigenvalue weighted by Gasteiger charge is 2.33. The summed E-state index contributed by atoms with van der Waals surface area (Å²) in [5, 5.41) is 12.8. The second-order valence-corrected chi connectivity index (χ2v) is 8.49. The third-order valence-electron chi connectivity index (χ3n) is 4.99. The topological polar surface area (TPSA) is 86.4 Å². The van der Waals surface area contributed by atoms with Crippen molar-refractivity contribution in [2.45, 2.75) is 46.0 Å². The van der Waals surface area contributed by atoms with E-state index in [-0.39, 0.29) is 12.2 Å². The van der Waals surface area contributed by atoms with Gasteiger partial charge >= 0.3 is 17.8 Å². The Morgan fingerprint density at radius 3 is 2.27 bits per heavy atom. The normalized spacial score (nSPS) is 12.1. The van der Waals surface area contributed by atoms with E-state index in [4.69, 9.17) is 16.3 Å². The number of halogens is 4. The molecule has 1 heterocycles. The molecule has 176 valence electrons. The van der Waals surface area contributed by atoms with Gasteiger partial charge in [0.05, 0.1) is 22.8 Å². The first-order valence-electron chi connectivity index (χ1n) is 9.75. The number of alkyl halides is 3. The smallest absolute Gasteiger partial charge is 0.417 e. The van der Waals surface area contributed by atoms with Gasteiger partial charge < -0.3 is 9.84 Å². The van der Waals surface area contributed by atoms with Gasteiger partial charge in [-0.1, -0.05) is 23.7 Å². The van der Waals surface area contributed by atoms with Crippen molar-refractivity contribution in [3.8, 4) is 11.4 Å². The number of ether oxygens (including phenoxy) is 1. The van der Waals surface area contributed by atoms with Crippen LogP contribution in [0.1, 0.15) is 36.1 Å². The molecule has 3 aromatic rings. The largest absolute Gasteiger partial charge is 0.478 e. The first-order valence-corrected chi connectivity index (χ1v) is 10.1. The summed E-state index contributed by atoms with van der Waals surface area (Å²) < 4.78 is 46.7. The Morgan fingerprint density at radius 2 is 1.76 bits per heavy atom. The van der Waals surface area contributed by atoms with Gasteiger partial charge in [0, 0.05) is 0 Å². The standard InChI is InChI=1S/C22H21ClF3N3O4/c1-12-7-14(8-13(2)18(12)33-21(3,4)19(30)31)10-29-20(32)28(11-27-29)15-5-6-16(17(23)9-15)22(24,25)26/h5-9,11H,10H2,1-4H3,(H,30,31). The molecule has 33 heavy (non-hydrogen) atoms. The number of aromatic nitrogens is 3. The Bertz CT molecular complexity index is 1260. The van der Waals surface area contributed by atoms with E-state index in [1.807, 2.05) is 0 Å². The summed E-state index contributed by atoms with van der Waals surface area (Å²) in [6.45, 7) is 6.50. The minimum atomic E-state index is -4.60. The molecule has 0 fully saturated rings. The molecule has 1 N–H and O–H groups in total. The second kappa shape index (κ2) is 8.58. The third kappa shape index (κ3) is 5.05. The van der Waals surface area contributed by atoms with Crippen molar-refractivity contribution in [3.63, 3.8) is 0 Å². The number of aliphatic carboxylic acids is 1. The summed E-state index contributed by atoms with van der Waals surface area (Å²) in [4.78, 5) is 24.1. The van der Waals surface area contributed by atoms with Crippen molar-refractivity contribution in [3.05, 3.63) is 74.4 Å². The molecule has 0 unspecified atom stereocenters. The number of benzene rings is 2. The number of carboxylic acid groups (broad SMARTS) is 1. The summed E-state index contributed by atoms with van der Waals surface area (Å²) in [5.74, 6) is -0.672. The lowest BCUT2D eigenvalue weighted by Crippen LogP contribution is -2.38. The van der Waals surface area contributed by atoms with Crippen molar-refractivity contribution in [2.75, 3.05) is 0 Å². The van der Waals surface area contributed by atoms with E-state index in [0.717, 1.165) is 27.4 Å². The molecular formula is C22H21ClF3N3O4. The highest BCUT2D eigenvalue weighted by Crippen LogP contribution is 2.35. The van der Waals surface area contributed by atoms with Gasteiger partial charge in [0.25, 0.3) is 0 Å². The Morgan fingerprint density at radius 1 is 1.15 bits per heavy atom. The van der Waals surface area contributed by atoms with Gasteiger partial charge in [-0.05, 0) is 62.6 Å². The molecule has 0 radical (unpaired) electrons. The van der Waals surface area contributed by atoms with Crippen LogP contribution in [0.2, 0.25) is 5.02 Å². The van der Waals surface area contributed by atoms with Crippen LogP contribution >= 0.6 is 11.6 Å². The first kappa shape index (κ1) is 24.4. The molecule has 0 aliphatic rings. The lowest BCUT2D eigenvalue weighted by atomic mass is 10.0. The molecule has 3 rings (SSSR count). The molecule has 0 saturated carbocycles. The Labute approximate surface area is 192 Å². The van der Waals surface area contributed by atoms with Gasteiger partial charge in [0.15, 0.2) is 5.60 Å². The summed E-state index contributed by atoms with van der Waals surface area (Å²) >= 11 is 5.76. The first-order chi connectivity index (χ1) is 15.2. The second-order valence-electron chi connectivity index (χ2n) is 8.08. The Balaban J connectivity index is 1.89. The van der Waals surface area contributed by atoms with E-state index in [9.17, 15) is 27.9 Å². The number of carbonyl (C=O) groups is 1. The molecular weight excluding hydrogens is 463 g/mol. The zero-order chi connectivity index (χ0) is 24.7. The van der Waals surface area contributed by atoms with E-state index in [1.165, 1.54) is 20.2 Å². The number of hydrogen-bond acceptors (Lipinski definition) is 4. The van der Waals surface area contributed by atoms with Crippen molar-refractivity contribution in [1.82, 2.24) is 14.3 Å². The van der Waals surface area contributed by atoms with E-state index >= 15 is 0 Å². The third-order valence-corrected chi connectivity index (χ3v) is 5.31. The minimum Gasteiger partial charge on any atom is -0.478 e. The van der Waals surface area contributed by atoms with E-state index < -0.39 is 34.0 Å². The highest BCUT2D eigenvalue weighted by atomic mass is 35.5. The fourth-order valence-corrected chi connectivity index (χ4v) is 3.55. The maximum absolute atomic E-state index is 12.9. The molecule has 0 amide bonds. The number of hydrogen-bond donors (Lipinski definition) is 1. The molecule has 0 aliphatic carbocycles. The van der Waals surface area contributed by atoms with Gasteiger partial charge in [-0.3, -0.25) is 0 Å². The monoisotopic (exact) mass is 483 g/mol. The summed E-state index contributed by atoms with van der Waals surface area (Å²) in [6, 6.07) is 6.52. The van der Waals surface area contributed by atoms with Gasteiger partial charge in [0.2, 0.25) is 0 Å². The van der Waals surface area contributed by atoms with Crippen LogP contribution in [-0.2, 0) is 17.5 Å². The average Bonchev–Trinajstić information content (AvgIpc) is 3.04. The van der Waals surface area contributed by atoms with E-state index in [1.54, 1.807) is 26.0 Å². The minimum absolute atomic E-state index is 0.0878. The molecule has 0 atom stereocenters. The molecule has 11 heteroatoms. The molecule has 2 aromatic carbocycles. The van der Waals surface area contributed by atoms with Crippen LogP contribution in [0.15, 0.2) is 41.5 Å². The fourth-order valence-electron chi connectivity index (χ4n) is 3.27. The van der Waals surface area contributed by atoms with Crippen molar-refractivity contribution >= 4 is 17.6 Å². The molecule has 7 nitrogen and oxygen atoms in total. The molecule has 0 saturated heterocycles. The molecule has 0 bridgehead atoms. The van der Waals surface area contributed by atoms with Crippen LogP contribution in [-0.4, -0.2) is 31.0 Å². The van der Waals surface area contributed by atoms with Crippen LogP contribution < -0.4 is 10.4 Å². The Kier molecular flexibility index (Phi) is 6.34. The SMILES string of the molecule is Cc1cc(Cn2ncn(-c3ccc(C(F)(F)F)c(Cl)c3)c2=O)cc(C)c1OC(C)(C)C(=O)O. The zero-order valence-electron chi connectivity index (χ0n) is 18.2. The maximum atomic E-state index is 12.9. The summed E-state index contributed by atoms with van der Waals surface area (Å²) in [5.41, 5.74) is -0.751. The lowest BCUT2D eigenvalue weighted by molar-refractivity contribution is -0.152. The number of rotatable bonds is 6. The summed E-state index contributed by atoms with van der Waals surface area (Å²) in [6.07, 6.45) is -3.40. The maximum Gasteiger partial charge on any atom is 0.417 e. The lowest BCUT2D eigenvalue weighted by Gasteiger charge is -2.24. The van der Waals surface area contributed by atoms with Crippen molar-refractivity contribution in [1.29, 1.82) is 0 Å². The van der Waals surface area contributed by atoms with Crippen molar-refractivity contribution in [2.24, 2.45) is 0 Å². The predicted octanol–water partition coefficient (Wildman–Crippen LogP) is 4.61. The molecule has 0 spiro atoms. The molecule has 0 aliphatic heterocycles. The van der Waals surface area contributed by atoms with Crippen LogP contribution in [0.25, 0.3) is 5.69 Å². The van der Waals surface area contributed by atoms with Gasteiger partial charge in [-0.2, -0.15) is 18.3 Å². The van der Waals surface area contributed by atoms with Crippen LogP contribution in [0.3, 0.4) is 0 Å². The van der Waals surface area contributed by atoms with Gasteiger partial charge in [0.1, 0.15) is 12.1 Å². The van der Waals surface area contributed by atoms with Gasteiger partial charge in [-0.15, -0.1) is 0 Å². The van der Waals surface area contributed by atoms with Gasteiger partial charge in [-0.25, -0.2) is 18.8 Å². The Hall–Kier alpha value is -3.27. The number of nitrogens with zero attached hydrogens (tertiary/aromatic N) is 3. The quantitative estimate of drug-likeness (QED) is 0.553. The predicted molar refractivity (Wildman–Crippen MR) is 115 cm³/mol. The van der Waals surface area contributed by atoms with Crippen LogP contribution in [0, 0.1) is 13.8 Å². The molecule has 1 aromatic heterocycles. The summed E-state index contributed by atoms with van der Waals surface area (Å²) in [7, 11) is 0. The number of aryl methyl sites for hydroxylation is 2. The highest BCUT2D eigenvalue weighted by molar-refractivity contribution is 6.31. The zero-order valence-corrected chi connectivity index (χ0v) is 19.0. The van der Waals surface area contributed by atoms with Crippen LogP contribution in [0.5, 0.6) is 5.75 Å². The fraction of sp³-hybridized carbons (Fsp3) is 0.318. The number of carboxylic acids is 1. The van der Waals surface area contributed by atoms with E-state index in [0.29, 0.717) is 22.4 Å². The van der Waals surface area contributed by atoms with E-state index in [2.05, 4.69) is 5.10 Å². The van der Waals surface area contributed by atoms with Crippen LogP contribution in [0.4, 0.5) is 13.2 Å². The van der Waals surface area contributed by atoms with Crippen molar-refractivity contribution < 1.29 is 27.8 Å².